The van der Waals surface area contributed by atoms with Gasteiger partial charge in [0.25, 0.3) is 0 Å². The smallest absolute Gasteiger partial charge is 0.222 e. The summed E-state index contributed by atoms with van der Waals surface area (Å²) in [6, 6.07) is 9.94. The lowest BCUT2D eigenvalue weighted by atomic mass is 10.1. The first kappa shape index (κ1) is 11.3. The maximum absolute atomic E-state index is 13.3. The number of anilines is 2. The molecule has 1 aromatic carbocycles. The summed E-state index contributed by atoms with van der Waals surface area (Å²) in [5.74, 6) is -0.283. The summed E-state index contributed by atoms with van der Waals surface area (Å²) < 4.78 is 13.3. The van der Waals surface area contributed by atoms with E-state index in [9.17, 15) is 4.39 Å². The molecule has 0 radical (unpaired) electrons. The number of rotatable bonds is 4. The molecule has 2 rings (SSSR count). The second-order valence-electron chi connectivity index (χ2n) is 3.59. The zero-order chi connectivity index (χ0) is 12.1. The molecule has 5 heteroatoms. The number of hydrogen-bond acceptors (Lipinski definition) is 4. The molecule has 0 aliphatic heterocycles. The molecular weight excluding hydrogens is 219 g/mol. The van der Waals surface area contributed by atoms with E-state index < -0.39 is 5.82 Å². The molecule has 0 spiro atoms. The van der Waals surface area contributed by atoms with Crippen LogP contribution in [0, 0.1) is 5.82 Å². The summed E-state index contributed by atoms with van der Waals surface area (Å²) in [5.41, 5.74) is 6.56. The SMILES string of the molecule is Nc1ncc(F)c(NCCc2ccccc2)n1. The number of nitrogens with one attached hydrogen (secondary N) is 1. The van der Waals surface area contributed by atoms with Crippen LogP contribution in [0.2, 0.25) is 0 Å². The van der Waals surface area contributed by atoms with Crippen LogP contribution in [0.15, 0.2) is 36.5 Å². The molecule has 0 fully saturated rings. The van der Waals surface area contributed by atoms with Gasteiger partial charge in [0.2, 0.25) is 5.95 Å². The molecule has 4 nitrogen and oxygen atoms in total. The minimum atomic E-state index is -0.493. The number of halogens is 1. The van der Waals surface area contributed by atoms with Crippen LogP contribution < -0.4 is 11.1 Å². The van der Waals surface area contributed by atoms with Gasteiger partial charge in [-0.05, 0) is 12.0 Å². The van der Waals surface area contributed by atoms with Crippen molar-refractivity contribution in [3.8, 4) is 0 Å². The van der Waals surface area contributed by atoms with E-state index in [0.717, 1.165) is 12.6 Å². The number of aromatic nitrogens is 2. The average Bonchev–Trinajstić information content (AvgIpc) is 2.35. The number of nitrogens with zero attached hydrogens (tertiary/aromatic N) is 2. The molecule has 88 valence electrons. The van der Waals surface area contributed by atoms with Gasteiger partial charge in [-0.2, -0.15) is 4.98 Å². The van der Waals surface area contributed by atoms with Gasteiger partial charge >= 0.3 is 0 Å². The summed E-state index contributed by atoms with van der Waals surface area (Å²) in [4.78, 5) is 7.34. The molecule has 2 aromatic rings. The van der Waals surface area contributed by atoms with Gasteiger partial charge in [0, 0.05) is 6.54 Å². The van der Waals surface area contributed by atoms with Gasteiger partial charge in [0.05, 0.1) is 6.20 Å². The van der Waals surface area contributed by atoms with Crippen molar-refractivity contribution >= 4 is 11.8 Å². The lowest BCUT2D eigenvalue weighted by molar-refractivity contribution is 0.617. The number of hydrogen-bond donors (Lipinski definition) is 2. The summed E-state index contributed by atoms with van der Waals surface area (Å²) >= 11 is 0. The van der Waals surface area contributed by atoms with Gasteiger partial charge in [-0.25, -0.2) is 9.37 Å². The van der Waals surface area contributed by atoms with E-state index in [-0.39, 0.29) is 11.8 Å². The third-order valence-corrected chi connectivity index (χ3v) is 2.31. The zero-order valence-corrected chi connectivity index (χ0v) is 9.23. The van der Waals surface area contributed by atoms with E-state index in [1.807, 2.05) is 30.3 Å². The lowest BCUT2D eigenvalue weighted by Gasteiger charge is -2.06. The highest BCUT2D eigenvalue weighted by atomic mass is 19.1. The van der Waals surface area contributed by atoms with Gasteiger partial charge in [-0.15, -0.1) is 0 Å². The Morgan fingerprint density at radius 3 is 2.76 bits per heavy atom. The van der Waals surface area contributed by atoms with E-state index in [0.29, 0.717) is 6.54 Å². The zero-order valence-electron chi connectivity index (χ0n) is 9.23. The summed E-state index contributed by atoms with van der Waals surface area (Å²) in [7, 11) is 0. The van der Waals surface area contributed by atoms with Crippen LogP contribution in [0.4, 0.5) is 16.2 Å². The van der Waals surface area contributed by atoms with Crippen molar-refractivity contribution in [2.45, 2.75) is 6.42 Å². The fourth-order valence-corrected chi connectivity index (χ4v) is 1.47. The van der Waals surface area contributed by atoms with E-state index in [1.54, 1.807) is 0 Å². The third-order valence-electron chi connectivity index (χ3n) is 2.31. The van der Waals surface area contributed by atoms with E-state index in [2.05, 4.69) is 15.3 Å². The van der Waals surface area contributed by atoms with Crippen molar-refractivity contribution in [3.63, 3.8) is 0 Å². The molecule has 3 N–H and O–H groups in total. The first-order chi connectivity index (χ1) is 8.25. The Bertz CT molecular complexity index is 487. The number of nitrogens with two attached hydrogens (primary N) is 1. The Kier molecular flexibility index (Phi) is 3.49. The summed E-state index contributed by atoms with van der Waals surface area (Å²) in [5, 5.41) is 2.90. The highest BCUT2D eigenvalue weighted by Crippen LogP contribution is 2.10. The Hall–Kier alpha value is -2.17. The topological polar surface area (TPSA) is 63.8 Å². The Labute approximate surface area is 98.7 Å². The Morgan fingerprint density at radius 2 is 2.00 bits per heavy atom. The van der Waals surface area contributed by atoms with Crippen LogP contribution in [0.5, 0.6) is 0 Å². The number of benzene rings is 1. The van der Waals surface area contributed by atoms with E-state index in [1.165, 1.54) is 5.56 Å². The van der Waals surface area contributed by atoms with Crippen LogP contribution in [0.25, 0.3) is 0 Å². The third kappa shape index (κ3) is 3.14. The van der Waals surface area contributed by atoms with Gasteiger partial charge in [0.15, 0.2) is 11.6 Å². The molecule has 0 bridgehead atoms. The molecule has 1 heterocycles. The normalized spacial score (nSPS) is 10.2. The van der Waals surface area contributed by atoms with Gasteiger partial charge in [0.1, 0.15) is 0 Å². The molecule has 17 heavy (non-hydrogen) atoms. The van der Waals surface area contributed by atoms with Gasteiger partial charge in [-0.1, -0.05) is 30.3 Å². The van der Waals surface area contributed by atoms with Crippen molar-refractivity contribution in [1.82, 2.24) is 9.97 Å². The van der Waals surface area contributed by atoms with Crippen molar-refractivity contribution in [3.05, 3.63) is 47.9 Å². The average molecular weight is 232 g/mol. The second kappa shape index (κ2) is 5.25. The predicted octanol–water partition coefficient (Wildman–Crippen LogP) is 1.85. The number of nitrogen functional groups attached to an aromatic ring is 1. The standard InChI is InChI=1S/C12H13FN4/c13-10-8-16-12(14)17-11(10)15-7-6-9-4-2-1-3-5-9/h1-5,8H,6-7H2,(H3,14,15,16,17). The predicted molar refractivity (Wildman–Crippen MR) is 65.0 cm³/mol. The van der Waals surface area contributed by atoms with Crippen LogP contribution >= 0.6 is 0 Å². The van der Waals surface area contributed by atoms with Crippen molar-refractivity contribution in [2.75, 3.05) is 17.6 Å². The molecule has 0 saturated carbocycles. The Morgan fingerprint density at radius 1 is 1.24 bits per heavy atom. The van der Waals surface area contributed by atoms with Crippen molar-refractivity contribution in [1.29, 1.82) is 0 Å². The summed E-state index contributed by atoms with van der Waals surface area (Å²) in [6.07, 6.45) is 1.86. The summed E-state index contributed by atoms with van der Waals surface area (Å²) in [6.45, 7) is 0.595. The fourth-order valence-electron chi connectivity index (χ4n) is 1.47. The molecule has 1 aromatic heterocycles. The fraction of sp³-hybridized carbons (Fsp3) is 0.167. The molecule has 0 atom stereocenters. The highest BCUT2D eigenvalue weighted by Gasteiger charge is 2.04. The van der Waals surface area contributed by atoms with Gasteiger partial charge in [-0.3, -0.25) is 0 Å². The molecule has 0 aliphatic carbocycles. The monoisotopic (exact) mass is 232 g/mol. The van der Waals surface area contributed by atoms with Gasteiger partial charge < -0.3 is 11.1 Å². The molecule has 0 saturated heterocycles. The molecule has 0 aliphatic rings. The van der Waals surface area contributed by atoms with Crippen LogP contribution in [0.1, 0.15) is 5.56 Å². The maximum atomic E-state index is 13.3. The lowest BCUT2D eigenvalue weighted by Crippen LogP contribution is -2.09. The van der Waals surface area contributed by atoms with Crippen LogP contribution in [-0.4, -0.2) is 16.5 Å². The van der Waals surface area contributed by atoms with Crippen molar-refractivity contribution < 1.29 is 4.39 Å². The first-order valence-electron chi connectivity index (χ1n) is 5.31. The second-order valence-corrected chi connectivity index (χ2v) is 3.59. The largest absolute Gasteiger partial charge is 0.368 e. The highest BCUT2D eigenvalue weighted by molar-refractivity contribution is 5.39. The molecule has 0 amide bonds. The first-order valence-corrected chi connectivity index (χ1v) is 5.31. The minimum Gasteiger partial charge on any atom is -0.368 e. The minimum absolute atomic E-state index is 0.0635. The van der Waals surface area contributed by atoms with Crippen molar-refractivity contribution in [2.24, 2.45) is 0 Å². The molecular formula is C12H13FN4. The maximum Gasteiger partial charge on any atom is 0.222 e. The van der Waals surface area contributed by atoms with E-state index >= 15 is 0 Å². The Balaban J connectivity index is 1.92. The van der Waals surface area contributed by atoms with Crippen LogP contribution in [0.3, 0.4) is 0 Å². The molecule has 0 unspecified atom stereocenters. The van der Waals surface area contributed by atoms with E-state index in [4.69, 9.17) is 5.73 Å². The van der Waals surface area contributed by atoms with Crippen LogP contribution in [-0.2, 0) is 6.42 Å². The quantitative estimate of drug-likeness (QED) is 0.844.